The quantitative estimate of drug-likeness (QED) is 0.677. The molecule has 0 aliphatic heterocycles. The standard InChI is InChI=1S/C11H15NO2S/c1-8(7-13)6-12-11(14)9-2-4-10(15)5-3-9/h2-5,8,13,15H,6-7H2,1H3,(H,12,14). The number of aliphatic hydroxyl groups excluding tert-OH is 1. The predicted octanol–water partition coefficient (Wildman–Crippen LogP) is 1.33. The van der Waals surface area contributed by atoms with Crippen LogP contribution in [0, 0.1) is 5.92 Å². The summed E-state index contributed by atoms with van der Waals surface area (Å²) in [5, 5.41) is 11.5. The Morgan fingerprint density at radius 2 is 2.07 bits per heavy atom. The molecule has 1 atom stereocenters. The molecule has 0 aliphatic rings. The van der Waals surface area contributed by atoms with Crippen LogP contribution in [0.1, 0.15) is 17.3 Å². The molecule has 1 aromatic carbocycles. The normalized spacial score (nSPS) is 12.2. The first-order valence-electron chi connectivity index (χ1n) is 4.81. The second-order valence-corrected chi connectivity index (χ2v) is 4.06. The van der Waals surface area contributed by atoms with Gasteiger partial charge < -0.3 is 10.4 Å². The number of amides is 1. The monoisotopic (exact) mass is 225 g/mol. The zero-order valence-electron chi connectivity index (χ0n) is 8.60. The van der Waals surface area contributed by atoms with Gasteiger partial charge in [-0.25, -0.2) is 0 Å². The smallest absolute Gasteiger partial charge is 0.251 e. The number of thiol groups is 1. The Balaban J connectivity index is 2.50. The average molecular weight is 225 g/mol. The van der Waals surface area contributed by atoms with E-state index in [0.29, 0.717) is 12.1 Å². The van der Waals surface area contributed by atoms with Crippen molar-refractivity contribution < 1.29 is 9.90 Å². The molecule has 0 bridgehead atoms. The third kappa shape index (κ3) is 3.93. The summed E-state index contributed by atoms with van der Waals surface area (Å²) < 4.78 is 0. The van der Waals surface area contributed by atoms with Crippen molar-refractivity contribution in [3.63, 3.8) is 0 Å². The van der Waals surface area contributed by atoms with Crippen molar-refractivity contribution in [1.82, 2.24) is 5.32 Å². The van der Waals surface area contributed by atoms with E-state index in [2.05, 4.69) is 17.9 Å². The van der Waals surface area contributed by atoms with Gasteiger partial charge in [0.1, 0.15) is 0 Å². The van der Waals surface area contributed by atoms with E-state index in [4.69, 9.17) is 5.11 Å². The molecule has 2 N–H and O–H groups in total. The van der Waals surface area contributed by atoms with E-state index in [1.807, 2.05) is 6.92 Å². The van der Waals surface area contributed by atoms with Crippen LogP contribution >= 0.6 is 12.6 Å². The number of aliphatic hydroxyl groups is 1. The lowest BCUT2D eigenvalue weighted by Gasteiger charge is -2.09. The van der Waals surface area contributed by atoms with Crippen molar-refractivity contribution in [1.29, 1.82) is 0 Å². The maximum atomic E-state index is 11.6. The van der Waals surface area contributed by atoms with Crippen LogP contribution in [-0.4, -0.2) is 24.2 Å². The van der Waals surface area contributed by atoms with E-state index in [1.165, 1.54) is 0 Å². The van der Waals surface area contributed by atoms with Gasteiger partial charge in [0.05, 0.1) is 0 Å². The number of hydrogen-bond acceptors (Lipinski definition) is 3. The highest BCUT2D eigenvalue weighted by Crippen LogP contribution is 2.07. The van der Waals surface area contributed by atoms with Crippen LogP contribution < -0.4 is 5.32 Å². The van der Waals surface area contributed by atoms with E-state index >= 15 is 0 Å². The van der Waals surface area contributed by atoms with Crippen molar-refractivity contribution in [3.8, 4) is 0 Å². The second-order valence-electron chi connectivity index (χ2n) is 3.54. The number of nitrogens with one attached hydrogen (secondary N) is 1. The van der Waals surface area contributed by atoms with Gasteiger partial charge in [0.25, 0.3) is 5.91 Å². The Labute approximate surface area is 94.9 Å². The fourth-order valence-electron chi connectivity index (χ4n) is 1.05. The zero-order chi connectivity index (χ0) is 11.3. The molecule has 0 heterocycles. The predicted molar refractivity (Wildman–Crippen MR) is 62.3 cm³/mol. The van der Waals surface area contributed by atoms with Gasteiger partial charge in [0, 0.05) is 23.6 Å². The lowest BCUT2D eigenvalue weighted by atomic mass is 10.2. The molecule has 3 nitrogen and oxygen atoms in total. The van der Waals surface area contributed by atoms with Gasteiger partial charge in [-0.3, -0.25) is 4.79 Å². The van der Waals surface area contributed by atoms with Gasteiger partial charge in [-0.05, 0) is 30.2 Å². The van der Waals surface area contributed by atoms with Crippen molar-refractivity contribution in [3.05, 3.63) is 29.8 Å². The molecule has 1 aromatic rings. The van der Waals surface area contributed by atoms with Crippen LogP contribution in [0.2, 0.25) is 0 Å². The van der Waals surface area contributed by atoms with E-state index in [9.17, 15) is 4.79 Å². The van der Waals surface area contributed by atoms with E-state index in [-0.39, 0.29) is 18.4 Å². The summed E-state index contributed by atoms with van der Waals surface area (Å²) in [5.41, 5.74) is 0.609. The van der Waals surface area contributed by atoms with Gasteiger partial charge in [-0.2, -0.15) is 0 Å². The van der Waals surface area contributed by atoms with Crippen LogP contribution in [-0.2, 0) is 0 Å². The largest absolute Gasteiger partial charge is 0.396 e. The first-order chi connectivity index (χ1) is 7.13. The molecule has 0 aromatic heterocycles. The Bertz CT molecular complexity index is 324. The molecule has 0 fully saturated rings. The molecular weight excluding hydrogens is 210 g/mol. The summed E-state index contributed by atoms with van der Waals surface area (Å²) in [5.74, 6) is -0.0401. The maximum absolute atomic E-state index is 11.6. The van der Waals surface area contributed by atoms with Gasteiger partial charge >= 0.3 is 0 Å². The molecule has 0 saturated heterocycles. The lowest BCUT2D eigenvalue weighted by molar-refractivity contribution is 0.0942. The van der Waals surface area contributed by atoms with Gasteiger partial charge in [-0.1, -0.05) is 6.92 Å². The Kier molecular flexibility index (Phi) is 4.65. The van der Waals surface area contributed by atoms with Gasteiger partial charge in [-0.15, -0.1) is 12.6 Å². The van der Waals surface area contributed by atoms with Crippen molar-refractivity contribution in [2.45, 2.75) is 11.8 Å². The minimum atomic E-state index is -0.122. The van der Waals surface area contributed by atoms with Crippen molar-refractivity contribution in [2.24, 2.45) is 5.92 Å². The molecule has 0 aliphatic carbocycles. The Morgan fingerprint density at radius 1 is 1.47 bits per heavy atom. The average Bonchev–Trinajstić information content (AvgIpc) is 2.26. The first kappa shape index (κ1) is 12.1. The molecule has 0 spiro atoms. The topological polar surface area (TPSA) is 49.3 Å². The van der Waals surface area contributed by atoms with E-state index in [1.54, 1.807) is 24.3 Å². The molecule has 1 rings (SSSR count). The summed E-state index contributed by atoms with van der Waals surface area (Å²) in [6.07, 6.45) is 0. The summed E-state index contributed by atoms with van der Waals surface area (Å²) in [6.45, 7) is 2.44. The SMILES string of the molecule is CC(CO)CNC(=O)c1ccc(S)cc1. The highest BCUT2D eigenvalue weighted by Gasteiger charge is 2.06. The molecule has 1 amide bonds. The molecule has 0 radical (unpaired) electrons. The minimum absolute atomic E-state index is 0.0792. The van der Waals surface area contributed by atoms with Crippen LogP contribution in [0.15, 0.2) is 29.2 Å². The number of carbonyl (C=O) groups is 1. The molecule has 4 heteroatoms. The molecular formula is C11H15NO2S. The van der Waals surface area contributed by atoms with Crippen LogP contribution in [0.5, 0.6) is 0 Å². The number of benzene rings is 1. The fourth-order valence-corrected chi connectivity index (χ4v) is 1.20. The lowest BCUT2D eigenvalue weighted by Crippen LogP contribution is -2.29. The summed E-state index contributed by atoms with van der Waals surface area (Å²) in [4.78, 5) is 12.4. The fraction of sp³-hybridized carbons (Fsp3) is 0.364. The van der Waals surface area contributed by atoms with Crippen molar-refractivity contribution >= 4 is 18.5 Å². The molecule has 82 valence electrons. The summed E-state index contributed by atoms with van der Waals surface area (Å²) in [6, 6.07) is 6.99. The van der Waals surface area contributed by atoms with E-state index < -0.39 is 0 Å². The zero-order valence-corrected chi connectivity index (χ0v) is 9.50. The summed E-state index contributed by atoms with van der Waals surface area (Å²) >= 11 is 4.14. The van der Waals surface area contributed by atoms with Crippen molar-refractivity contribution in [2.75, 3.05) is 13.2 Å². The Morgan fingerprint density at radius 3 is 2.60 bits per heavy atom. The van der Waals surface area contributed by atoms with Crippen LogP contribution in [0.25, 0.3) is 0 Å². The first-order valence-corrected chi connectivity index (χ1v) is 5.26. The second kappa shape index (κ2) is 5.78. The molecule has 15 heavy (non-hydrogen) atoms. The third-order valence-electron chi connectivity index (χ3n) is 2.05. The maximum Gasteiger partial charge on any atom is 0.251 e. The molecule has 1 unspecified atom stereocenters. The number of rotatable bonds is 4. The number of carbonyl (C=O) groups excluding carboxylic acids is 1. The third-order valence-corrected chi connectivity index (χ3v) is 2.35. The Hall–Kier alpha value is -1.00. The molecule has 0 saturated carbocycles. The minimum Gasteiger partial charge on any atom is -0.396 e. The highest BCUT2D eigenvalue weighted by molar-refractivity contribution is 7.80. The van der Waals surface area contributed by atoms with Crippen LogP contribution in [0.4, 0.5) is 0 Å². The van der Waals surface area contributed by atoms with Crippen LogP contribution in [0.3, 0.4) is 0 Å². The summed E-state index contributed by atoms with van der Waals surface area (Å²) in [7, 11) is 0. The number of hydrogen-bond donors (Lipinski definition) is 3. The van der Waals surface area contributed by atoms with Gasteiger partial charge in [0.15, 0.2) is 0 Å². The van der Waals surface area contributed by atoms with Gasteiger partial charge in [0.2, 0.25) is 0 Å². The van der Waals surface area contributed by atoms with E-state index in [0.717, 1.165) is 4.90 Å². The highest BCUT2D eigenvalue weighted by atomic mass is 32.1.